The molecule has 2 rings (SSSR count). The van der Waals surface area contributed by atoms with Crippen molar-refractivity contribution in [2.24, 2.45) is 0 Å². The van der Waals surface area contributed by atoms with Crippen LogP contribution in [0, 0.1) is 0 Å². The third-order valence-electron chi connectivity index (χ3n) is 3.06. The zero-order valence-electron chi connectivity index (χ0n) is 11.1. The van der Waals surface area contributed by atoms with Crippen molar-refractivity contribution in [3.8, 4) is 0 Å². The number of rotatable bonds is 5. The van der Waals surface area contributed by atoms with Crippen molar-refractivity contribution in [2.75, 3.05) is 6.61 Å². The number of hydrogen-bond donors (Lipinski definition) is 1. The molecule has 0 aliphatic heterocycles. The second-order valence-corrected chi connectivity index (χ2v) is 4.50. The Labute approximate surface area is 111 Å². The van der Waals surface area contributed by atoms with E-state index in [1.165, 1.54) is 6.92 Å². The van der Waals surface area contributed by atoms with Crippen molar-refractivity contribution in [1.82, 2.24) is 4.98 Å². The Morgan fingerprint density at radius 2 is 2.05 bits per heavy atom. The van der Waals surface area contributed by atoms with Crippen LogP contribution in [0.15, 0.2) is 30.5 Å². The Balaban J connectivity index is 2.42. The van der Waals surface area contributed by atoms with E-state index in [2.05, 4.69) is 4.98 Å². The lowest BCUT2D eigenvalue weighted by Gasteiger charge is -2.13. The van der Waals surface area contributed by atoms with Crippen LogP contribution < -0.4 is 0 Å². The number of hydrogen-bond acceptors (Lipinski definition) is 3. The first-order valence-electron chi connectivity index (χ1n) is 6.35. The molecular weight excluding hydrogens is 242 g/mol. The van der Waals surface area contributed by atoms with E-state index in [0.717, 1.165) is 16.5 Å². The Hall–Kier alpha value is -2.10. The van der Waals surface area contributed by atoms with Gasteiger partial charge >= 0.3 is 5.97 Å². The predicted octanol–water partition coefficient (Wildman–Crippen LogP) is 2.79. The van der Waals surface area contributed by atoms with Gasteiger partial charge < -0.3 is 9.72 Å². The van der Waals surface area contributed by atoms with Gasteiger partial charge in [0.1, 0.15) is 5.78 Å². The lowest BCUT2D eigenvalue weighted by atomic mass is 9.94. The SMILES string of the molecule is CCOC(=O)C(CC(C)=O)c1c[nH]c2ccccc12. The molecule has 0 bridgehead atoms. The van der Waals surface area contributed by atoms with Crippen LogP contribution in [0.5, 0.6) is 0 Å². The highest BCUT2D eigenvalue weighted by Crippen LogP contribution is 2.29. The highest BCUT2D eigenvalue weighted by atomic mass is 16.5. The molecule has 1 heterocycles. The summed E-state index contributed by atoms with van der Waals surface area (Å²) in [6.45, 7) is 3.56. The third kappa shape index (κ3) is 2.84. The topological polar surface area (TPSA) is 59.2 Å². The standard InChI is InChI=1S/C15H17NO3/c1-3-19-15(18)12(8-10(2)17)13-9-16-14-7-5-4-6-11(13)14/h4-7,9,12,16H,3,8H2,1-2H3. The molecule has 1 unspecified atom stereocenters. The minimum absolute atomic E-state index is 0.0247. The van der Waals surface area contributed by atoms with Crippen LogP contribution in [0.1, 0.15) is 31.7 Å². The molecule has 2 aromatic rings. The first-order chi connectivity index (χ1) is 9.13. The van der Waals surface area contributed by atoms with Gasteiger partial charge in [0, 0.05) is 23.5 Å². The Morgan fingerprint density at radius 1 is 1.32 bits per heavy atom. The van der Waals surface area contributed by atoms with Gasteiger partial charge in [0.15, 0.2) is 0 Å². The van der Waals surface area contributed by atoms with Crippen LogP contribution in [0.2, 0.25) is 0 Å². The summed E-state index contributed by atoms with van der Waals surface area (Å²) in [6, 6.07) is 7.71. The molecule has 0 saturated heterocycles. The van der Waals surface area contributed by atoms with Crippen molar-refractivity contribution in [3.63, 3.8) is 0 Å². The number of ether oxygens (including phenoxy) is 1. The van der Waals surface area contributed by atoms with E-state index in [1.54, 1.807) is 13.1 Å². The maximum atomic E-state index is 12.0. The summed E-state index contributed by atoms with van der Waals surface area (Å²) in [5.74, 6) is -0.903. The number of fused-ring (bicyclic) bond motifs is 1. The van der Waals surface area contributed by atoms with Crippen LogP contribution in [0.4, 0.5) is 0 Å². The number of aromatic amines is 1. The fourth-order valence-electron chi connectivity index (χ4n) is 2.23. The monoisotopic (exact) mass is 259 g/mol. The highest BCUT2D eigenvalue weighted by molar-refractivity contribution is 5.93. The quantitative estimate of drug-likeness (QED) is 0.840. The highest BCUT2D eigenvalue weighted by Gasteiger charge is 2.26. The van der Waals surface area contributed by atoms with Gasteiger partial charge in [-0.25, -0.2) is 0 Å². The number of H-pyrrole nitrogens is 1. The second kappa shape index (κ2) is 5.69. The summed E-state index contributed by atoms with van der Waals surface area (Å²) in [4.78, 5) is 26.5. The molecule has 4 heteroatoms. The fraction of sp³-hybridized carbons (Fsp3) is 0.333. The van der Waals surface area contributed by atoms with Crippen molar-refractivity contribution >= 4 is 22.7 Å². The minimum Gasteiger partial charge on any atom is -0.466 e. The van der Waals surface area contributed by atoms with Crippen LogP contribution in [0.25, 0.3) is 10.9 Å². The number of carbonyl (C=O) groups excluding carboxylic acids is 2. The molecule has 0 radical (unpaired) electrons. The molecule has 1 aromatic carbocycles. The van der Waals surface area contributed by atoms with Crippen molar-refractivity contribution in [2.45, 2.75) is 26.2 Å². The molecule has 1 N–H and O–H groups in total. The van der Waals surface area contributed by atoms with Crippen LogP contribution in [-0.2, 0) is 14.3 Å². The first-order valence-corrected chi connectivity index (χ1v) is 6.35. The second-order valence-electron chi connectivity index (χ2n) is 4.50. The molecule has 0 amide bonds. The molecule has 1 aromatic heterocycles. The van der Waals surface area contributed by atoms with Crippen LogP contribution in [0.3, 0.4) is 0 Å². The number of ketones is 1. The maximum absolute atomic E-state index is 12.0. The summed E-state index contributed by atoms with van der Waals surface area (Å²) >= 11 is 0. The molecule has 0 spiro atoms. The molecule has 0 fully saturated rings. The average Bonchev–Trinajstić information content (AvgIpc) is 2.79. The van der Waals surface area contributed by atoms with Crippen LogP contribution in [-0.4, -0.2) is 23.3 Å². The number of benzene rings is 1. The normalized spacial score (nSPS) is 12.3. The van der Waals surface area contributed by atoms with Crippen LogP contribution >= 0.6 is 0 Å². The fourth-order valence-corrected chi connectivity index (χ4v) is 2.23. The van der Waals surface area contributed by atoms with Crippen molar-refractivity contribution in [1.29, 1.82) is 0 Å². The van der Waals surface area contributed by atoms with E-state index in [0.29, 0.717) is 6.61 Å². The minimum atomic E-state index is -0.534. The summed E-state index contributed by atoms with van der Waals surface area (Å²) in [6.07, 6.45) is 1.95. The summed E-state index contributed by atoms with van der Waals surface area (Å²) < 4.78 is 5.07. The van der Waals surface area contributed by atoms with Gasteiger partial charge in [-0.05, 0) is 25.5 Å². The van der Waals surface area contributed by atoms with Gasteiger partial charge in [0.25, 0.3) is 0 Å². The molecule has 100 valence electrons. The van der Waals surface area contributed by atoms with Crippen molar-refractivity contribution in [3.05, 3.63) is 36.0 Å². The molecule has 0 saturated carbocycles. The van der Waals surface area contributed by atoms with E-state index in [4.69, 9.17) is 4.74 Å². The summed E-state index contributed by atoms with van der Waals surface area (Å²) in [7, 11) is 0. The lowest BCUT2D eigenvalue weighted by Crippen LogP contribution is -2.18. The first kappa shape index (κ1) is 13.3. The number of carbonyl (C=O) groups is 2. The number of aromatic nitrogens is 1. The zero-order chi connectivity index (χ0) is 13.8. The van der Waals surface area contributed by atoms with E-state index in [1.807, 2.05) is 24.3 Å². The van der Waals surface area contributed by atoms with E-state index in [9.17, 15) is 9.59 Å². The third-order valence-corrected chi connectivity index (χ3v) is 3.06. The van der Waals surface area contributed by atoms with E-state index >= 15 is 0 Å². The number of esters is 1. The van der Waals surface area contributed by atoms with Gasteiger partial charge in [-0.1, -0.05) is 18.2 Å². The molecule has 19 heavy (non-hydrogen) atoms. The zero-order valence-corrected chi connectivity index (χ0v) is 11.1. The van der Waals surface area contributed by atoms with E-state index < -0.39 is 5.92 Å². The predicted molar refractivity (Wildman–Crippen MR) is 73.0 cm³/mol. The van der Waals surface area contributed by atoms with Gasteiger partial charge in [0.2, 0.25) is 0 Å². The number of Topliss-reactive ketones (excluding diaryl/α,β-unsaturated/α-hetero) is 1. The largest absolute Gasteiger partial charge is 0.466 e. The number of para-hydroxylation sites is 1. The average molecular weight is 259 g/mol. The molecule has 4 nitrogen and oxygen atoms in total. The Kier molecular flexibility index (Phi) is 4.00. The summed E-state index contributed by atoms with van der Waals surface area (Å²) in [5.41, 5.74) is 1.78. The lowest BCUT2D eigenvalue weighted by molar-refractivity contribution is -0.146. The Morgan fingerprint density at radius 3 is 2.74 bits per heavy atom. The van der Waals surface area contributed by atoms with E-state index in [-0.39, 0.29) is 18.2 Å². The summed E-state index contributed by atoms with van der Waals surface area (Å²) in [5, 5.41) is 0.960. The Bertz CT molecular complexity index is 600. The molecule has 0 aliphatic carbocycles. The smallest absolute Gasteiger partial charge is 0.313 e. The van der Waals surface area contributed by atoms with Crippen molar-refractivity contribution < 1.29 is 14.3 Å². The van der Waals surface area contributed by atoms with Gasteiger partial charge in [-0.2, -0.15) is 0 Å². The van der Waals surface area contributed by atoms with Gasteiger partial charge in [-0.15, -0.1) is 0 Å². The van der Waals surface area contributed by atoms with Gasteiger partial charge in [-0.3, -0.25) is 9.59 Å². The van der Waals surface area contributed by atoms with Gasteiger partial charge in [0.05, 0.1) is 12.5 Å². The molecule has 1 atom stereocenters. The maximum Gasteiger partial charge on any atom is 0.313 e. The number of nitrogens with one attached hydrogen (secondary N) is 1. The molecule has 0 aliphatic rings. The molecular formula is C15H17NO3.